The largest absolute Gasteiger partial charge is 0.367 e. The highest BCUT2D eigenvalue weighted by atomic mass is 19.1. The molecule has 12 nitrogen and oxygen atoms in total. The first kappa shape index (κ1) is 33.6. The van der Waals surface area contributed by atoms with Gasteiger partial charge in [-0.25, -0.2) is 4.39 Å². The number of nitrogens with one attached hydrogen (secondary N) is 2. The summed E-state index contributed by atoms with van der Waals surface area (Å²) in [5, 5.41) is 20.5. The molecule has 1 aromatic heterocycles. The molecular weight excluding hydrogens is 641 g/mol. The monoisotopic (exact) mass is 673 g/mol. The maximum absolute atomic E-state index is 15.1. The summed E-state index contributed by atoms with van der Waals surface area (Å²) in [6.07, 6.45) is 3.84. The van der Waals surface area contributed by atoms with Gasteiger partial charge in [0.1, 0.15) is 17.4 Å². The SMILES string of the molecule is CN(C(=O)c1cc(N2CC(C#Cc3cnn(C(C)(C)C(=O)Nc4ccc(C#N)c5ccccc45)c3)C2)c(F)cc1C=O)C1CCC(=O)NC1=O. The van der Waals surface area contributed by atoms with Crippen LogP contribution in [0.2, 0.25) is 0 Å². The lowest BCUT2D eigenvalue weighted by Crippen LogP contribution is -2.53. The van der Waals surface area contributed by atoms with E-state index >= 15 is 4.39 Å². The third-order valence-corrected chi connectivity index (χ3v) is 9.12. The third kappa shape index (κ3) is 6.29. The molecule has 1 atom stereocenters. The van der Waals surface area contributed by atoms with Gasteiger partial charge in [0.05, 0.1) is 40.6 Å². The Morgan fingerprint density at radius 1 is 1.14 bits per heavy atom. The van der Waals surface area contributed by atoms with Crippen LogP contribution in [0.25, 0.3) is 10.8 Å². The second-order valence-corrected chi connectivity index (χ2v) is 12.8. The van der Waals surface area contributed by atoms with Gasteiger partial charge in [0.15, 0.2) is 6.29 Å². The number of nitriles is 1. The van der Waals surface area contributed by atoms with Gasteiger partial charge in [-0.15, -0.1) is 0 Å². The molecule has 2 N–H and O–H groups in total. The predicted molar refractivity (Wildman–Crippen MR) is 181 cm³/mol. The lowest BCUT2D eigenvalue weighted by atomic mass is 9.97. The summed E-state index contributed by atoms with van der Waals surface area (Å²) in [6.45, 7) is 4.19. The molecule has 13 heteroatoms. The number of carbonyl (C=O) groups is 5. The van der Waals surface area contributed by atoms with Crippen LogP contribution in [0, 0.1) is 34.9 Å². The number of hydrogen-bond acceptors (Lipinski definition) is 8. The highest BCUT2D eigenvalue weighted by molar-refractivity contribution is 6.07. The van der Waals surface area contributed by atoms with Gasteiger partial charge in [0.2, 0.25) is 11.8 Å². The Hall–Kier alpha value is -6.34. The van der Waals surface area contributed by atoms with E-state index in [1.807, 2.05) is 24.3 Å². The average Bonchev–Trinajstić information content (AvgIpc) is 3.57. The molecule has 6 rings (SSSR count). The molecule has 252 valence electrons. The molecule has 2 fully saturated rings. The van der Waals surface area contributed by atoms with Crippen molar-refractivity contribution in [2.45, 2.75) is 38.3 Å². The number of likely N-dealkylation sites (N-methyl/N-ethyl adjacent to an activating group) is 1. The van der Waals surface area contributed by atoms with Crippen molar-refractivity contribution < 1.29 is 28.4 Å². The topological polar surface area (TPSA) is 157 Å². The number of hydrogen-bond donors (Lipinski definition) is 2. The summed E-state index contributed by atoms with van der Waals surface area (Å²) in [6, 6.07) is 14.3. The van der Waals surface area contributed by atoms with Crippen LogP contribution in [-0.2, 0) is 19.9 Å². The Bertz CT molecular complexity index is 2190. The fraction of sp³-hybridized carbons (Fsp3) is 0.270. The third-order valence-electron chi connectivity index (χ3n) is 9.12. The van der Waals surface area contributed by atoms with Gasteiger partial charge in [-0.05, 0) is 44.5 Å². The van der Waals surface area contributed by atoms with Crippen LogP contribution >= 0.6 is 0 Å². The van der Waals surface area contributed by atoms with Crippen molar-refractivity contribution in [2.24, 2.45) is 5.92 Å². The highest BCUT2D eigenvalue weighted by Crippen LogP contribution is 2.31. The zero-order chi connectivity index (χ0) is 35.7. The van der Waals surface area contributed by atoms with Gasteiger partial charge < -0.3 is 15.1 Å². The number of amides is 4. The lowest BCUT2D eigenvalue weighted by molar-refractivity contribution is -0.136. The summed E-state index contributed by atoms with van der Waals surface area (Å²) >= 11 is 0. The van der Waals surface area contributed by atoms with Crippen LogP contribution in [0.3, 0.4) is 0 Å². The number of aldehydes is 1. The number of anilines is 2. The molecule has 3 heterocycles. The average molecular weight is 674 g/mol. The Labute approximate surface area is 286 Å². The van der Waals surface area contributed by atoms with Crippen LogP contribution in [0.1, 0.15) is 58.5 Å². The summed E-state index contributed by atoms with van der Waals surface area (Å²) in [4.78, 5) is 65.2. The van der Waals surface area contributed by atoms with E-state index in [-0.39, 0.29) is 41.5 Å². The number of aromatic nitrogens is 2. The number of imide groups is 1. The predicted octanol–water partition coefficient (Wildman–Crippen LogP) is 3.60. The van der Waals surface area contributed by atoms with E-state index in [2.05, 4.69) is 33.6 Å². The maximum atomic E-state index is 15.1. The van der Waals surface area contributed by atoms with Crippen LogP contribution in [0.4, 0.5) is 15.8 Å². The molecule has 4 amide bonds. The van der Waals surface area contributed by atoms with Crippen LogP contribution < -0.4 is 15.5 Å². The minimum atomic E-state index is -1.09. The van der Waals surface area contributed by atoms with Gasteiger partial charge >= 0.3 is 0 Å². The molecule has 1 unspecified atom stereocenters. The molecule has 0 saturated carbocycles. The van der Waals surface area contributed by atoms with E-state index in [1.165, 1.54) is 17.8 Å². The zero-order valence-corrected chi connectivity index (χ0v) is 27.5. The van der Waals surface area contributed by atoms with Crippen molar-refractivity contribution in [3.05, 3.63) is 89.0 Å². The second-order valence-electron chi connectivity index (χ2n) is 12.8. The summed E-state index contributed by atoms with van der Waals surface area (Å²) in [5.74, 6) is 3.44. The van der Waals surface area contributed by atoms with Gasteiger partial charge in [-0.2, -0.15) is 10.4 Å². The van der Waals surface area contributed by atoms with Gasteiger partial charge in [-0.1, -0.05) is 36.1 Å². The molecule has 0 spiro atoms. The van der Waals surface area contributed by atoms with Crippen LogP contribution in [0.5, 0.6) is 0 Å². The van der Waals surface area contributed by atoms with E-state index in [0.717, 1.165) is 21.7 Å². The van der Waals surface area contributed by atoms with Crippen LogP contribution in [-0.4, -0.2) is 70.8 Å². The lowest BCUT2D eigenvalue weighted by Gasteiger charge is -2.39. The van der Waals surface area contributed by atoms with Crippen molar-refractivity contribution in [3.8, 4) is 17.9 Å². The minimum Gasteiger partial charge on any atom is -0.367 e. The first-order valence-corrected chi connectivity index (χ1v) is 15.9. The number of halogens is 1. The minimum absolute atomic E-state index is 0.0513. The molecule has 0 bridgehead atoms. The number of fused-ring (bicyclic) bond motifs is 1. The smallest absolute Gasteiger partial charge is 0.255 e. The fourth-order valence-electron chi connectivity index (χ4n) is 6.02. The van der Waals surface area contributed by atoms with Crippen molar-refractivity contribution in [2.75, 3.05) is 30.4 Å². The molecule has 2 aliphatic rings. The normalized spacial score (nSPS) is 16.1. The fourth-order valence-corrected chi connectivity index (χ4v) is 6.02. The van der Waals surface area contributed by atoms with Crippen LogP contribution in [0.15, 0.2) is 60.9 Å². The Kier molecular flexibility index (Phi) is 8.91. The number of nitrogens with zero attached hydrogens (tertiary/aromatic N) is 5. The Morgan fingerprint density at radius 2 is 1.88 bits per heavy atom. The van der Waals surface area contributed by atoms with E-state index in [4.69, 9.17) is 0 Å². The first-order chi connectivity index (χ1) is 23.9. The molecule has 0 aliphatic carbocycles. The number of piperidine rings is 1. The Balaban J connectivity index is 1.12. The van der Waals surface area contributed by atoms with Crippen molar-refractivity contribution in [3.63, 3.8) is 0 Å². The molecule has 3 aromatic carbocycles. The molecule has 2 aliphatic heterocycles. The van der Waals surface area contributed by atoms with Crippen molar-refractivity contribution >= 4 is 52.1 Å². The summed E-state index contributed by atoms with van der Waals surface area (Å²) in [5.41, 5.74) is 0.515. The quantitative estimate of drug-likeness (QED) is 0.171. The van der Waals surface area contributed by atoms with Gasteiger partial charge in [0.25, 0.3) is 11.8 Å². The Morgan fingerprint density at radius 3 is 2.58 bits per heavy atom. The van der Waals surface area contributed by atoms with Gasteiger partial charge in [-0.3, -0.25) is 34.0 Å². The number of rotatable bonds is 7. The first-order valence-electron chi connectivity index (χ1n) is 15.9. The van der Waals surface area contributed by atoms with E-state index in [9.17, 15) is 29.2 Å². The highest BCUT2D eigenvalue weighted by Gasteiger charge is 2.35. The molecular formula is C37H32FN7O5. The number of carbonyl (C=O) groups excluding carboxylic acids is 5. The maximum Gasteiger partial charge on any atom is 0.255 e. The van der Waals surface area contributed by atoms with E-state index in [1.54, 1.807) is 43.3 Å². The van der Waals surface area contributed by atoms with Crippen molar-refractivity contribution in [1.29, 1.82) is 5.26 Å². The standard InChI is InChI=1S/C37H32FN7O5/c1-37(2,36(50)41-30-11-10-24(16-39)26-6-4-5-7-27(26)30)45-20-22(17-40-45)8-9-23-18-44(19-23)32-15-28(25(21-46)14-29(32)38)35(49)43(3)31-12-13-33(47)42-34(31)48/h4-7,10-11,14-15,17,20-21,23,31H,12-13,18-19H2,1-3H3,(H,41,50)(H,42,47,48). The molecule has 50 heavy (non-hydrogen) atoms. The van der Waals surface area contributed by atoms with Crippen molar-refractivity contribution in [1.82, 2.24) is 20.0 Å². The number of benzene rings is 3. The molecule has 4 aromatic rings. The summed E-state index contributed by atoms with van der Waals surface area (Å²) < 4.78 is 16.6. The molecule has 0 radical (unpaired) electrons. The second kappa shape index (κ2) is 13.3. The summed E-state index contributed by atoms with van der Waals surface area (Å²) in [7, 11) is 1.40. The van der Waals surface area contributed by atoms with E-state index in [0.29, 0.717) is 36.2 Å². The molecule has 2 saturated heterocycles. The zero-order valence-electron chi connectivity index (χ0n) is 27.5. The van der Waals surface area contributed by atoms with E-state index < -0.39 is 35.1 Å². The van der Waals surface area contributed by atoms with Gasteiger partial charge in [0, 0.05) is 54.8 Å².